The molecule has 0 amide bonds. The SMILES string of the molecule is Ic1cccnc1-c1ccnc[n+]1I. The molecule has 0 aromatic carbocycles. The van der Waals surface area contributed by atoms with Gasteiger partial charge in [-0.25, -0.2) is 0 Å². The number of hydrogen-bond acceptors (Lipinski definition) is 2. The van der Waals surface area contributed by atoms with Crippen molar-refractivity contribution in [2.45, 2.75) is 0 Å². The van der Waals surface area contributed by atoms with E-state index in [0.717, 1.165) is 15.0 Å². The fourth-order valence-electron chi connectivity index (χ4n) is 1.10. The van der Waals surface area contributed by atoms with E-state index in [1.54, 1.807) is 18.7 Å². The zero-order chi connectivity index (χ0) is 9.97. The van der Waals surface area contributed by atoms with E-state index in [1.807, 2.05) is 21.0 Å². The Kier molecular flexibility index (Phi) is 3.26. The molecule has 0 bridgehead atoms. The second-order valence-electron chi connectivity index (χ2n) is 2.61. The first-order valence-electron chi connectivity index (χ1n) is 3.92. The third kappa shape index (κ3) is 2.02. The summed E-state index contributed by atoms with van der Waals surface area (Å²) in [5.41, 5.74) is 2.05. The summed E-state index contributed by atoms with van der Waals surface area (Å²) < 4.78 is 3.07. The maximum absolute atomic E-state index is 4.35. The van der Waals surface area contributed by atoms with Crippen LogP contribution in [0.15, 0.2) is 36.9 Å². The van der Waals surface area contributed by atoms with Gasteiger partial charge in [0.1, 0.15) is 11.9 Å². The number of halogens is 2. The molecule has 0 aliphatic heterocycles. The molecule has 0 radical (unpaired) electrons. The van der Waals surface area contributed by atoms with Crippen LogP contribution in [0, 0.1) is 3.57 Å². The van der Waals surface area contributed by atoms with Gasteiger partial charge in [0.2, 0.25) is 22.9 Å². The highest BCUT2D eigenvalue weighted by molar-refractivity contribution is 14.1. The van der Waals surface area contributed by atoms with Gasteiger partial charge >= 0.3 is 0 Å². The van der Waals surface area contributed by atoms with Gasteiger partial charge in [-0.15, -0.1) is 0 Å². The summed E-state index contributed by atoms with van der Waals surface area (Å²) in [6, 6.07) is 5.93. The number of aromatic nitrogens is 3. The van der Waals surface area contributed by atoms with Gasteiger partial charge in [0.05, 0.1) is 0 Å². The molecular weight excluding hydrogens is 404 g/mol. The first-order chi connectivity index (χ1) is 6.79. The summed E-state index contributed by atoms with van der Waals surface area (Å²) in [5.74, 6) is 0. The number of rotatable bonds is 1. The van der Waals surface area contributed by atoms with Gasteiger partial charge in [0.25, 0.3) is 6.33 Å². The van der Waals surface area contributed by atoms with Crippen molar-refractivity contribution in [3.05, 3.63) is 40.5 Å². The van der Waals surface area contributed by atoms with E-state index >= 15 is 0 Å². The van der Waals surface area contributed by atoms with Crippen molar-refractivity contribution >= 4 is 45.5 Å². The minimum absolute atomic E-state index is 0.991. The summed E-state index contributed by atoms with van der Waals surface area (Å²) >= 11 is 4.47. The highest BCUT2D eigenvalue weighted by Gasteiger charge is 2.11. The zero-order valence-corrected chi connectivity index (χ0v) is 11.4. The van der Waals surface area contributed by atoms with Gasteiger partial charge in [0.15, 0.2) is 5.69 Å². The van der Waals surface area contributed by atoms with Gasteiger partial charge in [0, 0.05) is 15.8 Å². The van der Waals surface area contributed by atoms with Crippen LogP contribution in [0.1, 0.15) is 0 Å². The highest BCUT2D eigenvalue weighted by Crippen LogP contribution is 2.18. The molecule has 0 aliphatic rings. The minimum Gasteiger partial charge on any atom is -0.251 e. The smallest absolute Gasteiger partial charge is 0.251 e. The van der Waals surface area contributed by atoms with Gasteiger partial charge in [-0.1, -0.05) is 4.98 Å². The molecule has 2 aromatic rings. The normalized spacial score (nSPS) is 10.1. The predicted octanol–water partition coefficient (Wildman–Crippen LogP) is 2.23. The number of nitrogens with zero attached hydrogens (tertiary/aromatic N) is 3. The molecule has 0 atom stereocenters. The first-order valence-corrected chi connectivity index (χ1v) is 5.96. The van der Waals surface area contributed by atoms with Gasteiger partial charge in [-0.2, -0.15) is 2.78 Å². The minimum atomic E-state index is 0.991. The second-order valence-corrected chi connectivity index (χ2v) is 4.81. The van der Waals surface area contributed by atoms with Gasteiger partial charge in [-0.3, -0.25) is 4.98 Å². The Labute approximate surface area is 109 Å². The van der Waals surface area contributed by atoms with E-state index in [0.29, 0.717) is 0 Å². The van der Waals surface area contributed by atoms with Crippen LogP contribution in [0.5, 0.6) is 0 Å². The lowest BCUT2D eigenvalue weighted by atomic mass is 10.3. The van der Waals surface area contributed by atoms with Crippen LogP contribution in [0.25, 0.3) is 11.4 Å². The van der Waals surface area contributed by atoms with Crippen LogP contribution in [-0.2, 0) is 0 Å². The van der Waals surface area contributed by atoms with Crippen molar-refractivity contribution in [1.82, 2.24) is 9.97 Å². The van der Waals surface area contributed by atoms with Crippen molar-refractivity contribution in [2.24, 2.45) is 0 Å². The number of hydrogen-bond donors (Lipinski definition) is 0. The van der Waals surface area contributed by atoms with E-state index < -0.39 is 0 Å². The Morgan fingerprint density at radius 1 is 1.21 bits per heavy atom. The van der Waals surface area contributed by atoms with Crippen molar-refractivity contribution in [1.29, 1.82) is 0 Å². The quantitative estimate of drug-likeness (QED) is 0.676. The molecule has 14 heavy (non-hydrogen) atoms. The molecule has 2 rings (SSSR count). The summed E-state index contributed by atoms with van der Waals surface area (Å²) in [6.07, 6.45) is 5.34. The lowest BCUT2D eigenvalue weighted by Gasteiger charge is -2.00. The van der Waals surface area contributed by atoms with Crippen molar-refractivity contribution in [3.63, 3.8) is 0 Å². The largest absolute Gasteiger partial charge is 0.295 e. The Hall–Kier alpha value is -0.310. The second kappa shape index (κ2) is 4.47. The Morgan fingerprint density at radius 2 is 2.07 bits per heavy atom. The molecule has 0 fully saturated rings. The molecule has 2 aromatic heterocycles. The first kappa shape index (κ1) is 10.2. The molecule has 3 nitrogen and oxygen atoms in total. The van der Waals surface area contributed by atoms with Crippen LogP contribution in [-0.4, -0.2) is 9.97 Å². The molecule has 0 saturated carbocycles. The fourth-order valence-corrected chi connectivity index (χ4v) is 2.25. The van der Waals surface area contributed by atoms with Gasteiger partial charge in [-0.05, 0) is 34.7 Å². The molecule has 2 heterocycles. The lowest BCUT2D eigenvalue weighted by molar-refractivity contribution is -0.431. The van der Waals surface area contributed by atoms with E-state index in [1.165, 1.54) is 0 Å². The summed E-state index contributed by atoms with van der Waals surface area (Å²) in [5, 5.41) is 0. The van der Waals surface area contributed by atoms with Crippen molar-refractivity contribution < 1.29 is 2.78 Å². The van der Waals surface area contributed by atoms with E-state index in [-0.39, 0.29) is 0 Å². The van der Waals surface area contributed by atoms with E-state index in [9.17, 15) is 0 Å². The Balaban J connectivity index is 2.61. The molecule has 70 valence electrons. The summed E-state index contributed by atoms with van der Waals surface area (Å²) in [4.78, 5) is 8.37. The van der Waals surface area contributed by atoms with Crippen molar-refractivity contribution in [3.8, 4) is 11.4 Å². The van der Waals surface area contributed by atoms with Crippen LogP contribution in [0.4, 0.5) is 0 Å². The van der Waals surface area contributed by atoms with Crippen LogP contribution < -0.4 is 2.78 Å². The molecular formula is C9H6I2N3+. The molecule has 0 saturated heterocycles. The highest BCUT2D eigenvalue weighted by atomic mass is 127. The van der Waals surface area contributed by atoms with E-state index in [4.69, 9.17) is 0 Å². The predicted molar refractivity (Wildman–Crippen MR) is 69.8 cm³/mol. The molecule has 0 aliphatic carbocycles. The number of pyridine rings is 1. The van der Waals surface area contributed by atoms with E-state index in [2.05, 4.69) is 55.4 Å². The maximum Gasteiger partial charge on any atom is 0.295 e. The molecule has 5 heteroatoms. The zero-order valence-electron chi connectivity index (χ0n) is 7.06. The molecule has 0 spiro atoms. The Bertz CT molecular complexity index is 416. The summed E-state index contributed by atoms with van der Waals surface area (Å²) in [6.45, 7) is 0. The Morgan fingerprint density at radius 3 is 2.79 bits per heavy atom. The maximum atomic E-state index is 4.35. The van der Waals surface area contributed by atoms with Crippen molar-refractivity contribution in [2.75, 3.05) is 0 Å². The van der Waals surface area contributed by atoms with Crippen LogP contribution in [0.2, 0.25) is 0 Å². The van der Waals surface area contributed by atoms with Crippen LogP contribution >= 0.6 is 45.5 Å². The third-order valence-corrected chi connectivity index (χ3v) is 3.36. The monoisotopic (exact) mass is 410 g/mol. The third-order valence-electron chi connectivity index (χ3n) is 1.72. The average Bonchev–Trinajstić information content (AvgIpc) is 2.20. The standard InChI is InChI=1S/C9H6I2N3/c10-7-2-1-4-13-9(7)8-3-5-12-6-14(8)11/h1-6H/q+1. The van der Waals surface area contributed by atoms with Crippen LogP contribution in [0.3, 0.4) is 0 Å². The van der Waals surface area contributed by atoms with Gasteiger partial charge < -0.3 is 0 Å². The summed E-state index contributed by atoms with van der Waals surface area (Å²) in [7, 11) is 0. The fraction of sp³-hybridized carbons (Fsp3) is 0. The molecule has 0 N–H and O–H groups in total. The average molecular weight is 410 g/mol. The lowest BCUT2D eigenvalue weighted by Crippen LogP contribution is -2.23. The topological polar surface area (TPSA) is 29.7 Å². The molecule has 0 unspecified atom stereocenters.